The van der Waals surface area contributed by atoms with E-state index in [1.54, 1.807) is 24.3 Å². The van der Waals surface area contributed by atoms with Crippen LogP contribution in [0.5, 0.6) is 0 Å². The van der Waals surface area contributed by atoms with Crippen LogP contribution >= 0.6 is 11.6 Å². The van der Waals surface area contributed by atoms with Crippen molar-refractivity contribution in [1.82, 2.24) is 0 Å². The molecule has 0 saturated carbocycles. The highest BCUT2D eigenvalue weighted by molar-refractivity contribution is 6.32. The molecule has 0 fully saturated rings. The summed E-state index contributed by atoms with van der Waals surface area (Å²) >= 11 is 6.03. The minimum atomic E-state index is -0.520. The van der Waals surface area contributed by atoms with E-state index in [0.717, 1.165) is 16.5 Å². The van der Waals surface area contributed by atoms with Crippen molar-refractivity contribution in [2.75, 3.05) is 0 Å². The molecular formula is C20H15ClO4. The van der Waals surface area contributed by atoms with Crippen LogP contribution < -0.4 is 5.63 Å². The third-order valence-electron chi connectivity index (χ3n) is 3.66. The Morgan fingerprint density at radius 1 is 1.20 bits per heavy atom. The predicted molar refractivity (Wildman–Crippen MR) is 97.5 cm³/mol. The third kappa shape index (κ3) is 4.17. The van der Waals surface area contributed by atoms with Crippen molar-refractivity contribution < 1.29 is 13.9 Å². The van der Waals surface area contributed by atoms with Gasteiger partial charge >= 0.3 is 11.6 Å². The lowest BCUT2D eigenvalue weighted by molar-refractivity contribution is -0.138. The zero-order chi connectivity index (χ0) is 17.8. The summed E-state index contributed by atoms with van der Waals surface area (Å²) < 4.78 is 10.4. The Labute approximate surface area is 149 Å². The predicted octanol–water partition coefficient (Wildman–Crippen LogP) is 4.51. The van der Waals surface area contributed by atoms with Crippen molar-refractivity contribution in [2.45, 2.75) is 13.5 Å². The zero-order valence-electron chi connectivity index (χ0n) is 13.5. The van der Waals surface area contributed by atoms with Gasteiger partial charge in [-0.15, -0.1) is 0 Å². The second kappa shape index (κ2) is 7.36. The van der Waals surface area contributed by atoms with Crippen LogP contribution in [0, 0.1) is 6.92 Å². The lowest BCUT2D eigenvalue weighted by Gasteiger charge is -2.06. The van der Waals surface area contributed by atoms with E-state index < -0.39 is 11.6 Å². The Balaban J connectivity index is 1.75. The second-order valence-corrected chi connectivity index (χ2v) is 5.96. The van der Waals surface area contributed by atoms with Gasteiger partial charge in [0.2, 0.25) is 0 Å². The van der Waals surface area contributed by atoms with Crippen LogP contribution in [0.4, 0.5) is 0 Å². The first-order valence-electron chi connectivity index (χ1n) is 7.66. The van der Waals surface area contributed by atoms with Gasteiger partial charge in [-0.1, -0.05) is 41.9 Å². The fourth-order valence-corrected chi connectivity index (χ4v) is 2.62. The summed E-state index contributed by atoms with van der Waals surface area (Å²) in [6.45, 7) is 1.89. The first-order chi connectivity index (χ1) is 12.0. The van der Waals surface area contributed by atoms with Crippen molar-refractivity contribution >= 4 is 34.6 Å². The van der Waals surface area contributed by atoms with Gasteiger partial charge in [0.25, 0.3) is 0 Å². The lowest BCUT2D eigenvalue weighted by Crippen LogP contribution is -2.05. The Bertz CT molecular complexity index is 1020. The summed E-state index contributed by atoms with van der Waals surface area (Å²) in [6, 6.07) is 14.0. The number of ether oxygens (including phenoxy) is 1. The van der Waals surface area contributed by atoms with E-state index in [2.05, 4.69) is 0 Å². The minimum Gasteiger partial charge on any atom is -0.458 e. The molecule has 1 heterocycles. The van der Waals surface area contributed by atoms with Crippen LogP contribution in [0.1, 0.15) is 16.7 Å². The first-order valence-corrected chi connectivity index (χ1v) is 8.03. The average Bonchev–Trinajstić information content (AvgIpc) is 2.58. The molecule has 0 radical (unpaired) electrons. The van der Waals surface area contributed by atoms with Gasteiger partial charge in [-0.2, -0.15) is 0 Å². The maximum Gasteiger partial charge on any atom is 0.336 e. The molecule has 25 heavy (non-hydrogen) atoms. The number of carbonyl (C=O) groups is 1. The third-order valence-corrected chi connectivity index (χ3v) is 4.00. The number of aryl methyl sites for hydroxylation is 1. The van der Waals surface area contributed by atoms with Crippen LogP contribution in [0.3, 0.4) is 0 Å². The molecule has 0 spiro atoms. The monoisotopic (exact) mass is 354 g/mol. The molecule has 3 rings (SSSR count). The molecule has 126 valence electrons. The van der Waals surface area contributed by atoms with E-state index in [1.165, 1.54) is 12.1 Å². The molecule has 0 amide bonds. The number of hydrogen-bond acceptors (Lipinski definition) is 4. The van der Waals surface area contributed by atoms with Crippen molar-refractivity contribution in [3.8, 4) is 0 Å². The Morgan fingerprint density at radius 3 is 2.80 bits per heavy atom. The number of fused-ring (bicyclic) bond motifs is 1. The Kier molecular flexibility index (Phi) is 5.00. The van der Waals surface area contributed by atoms with Crippen LogP contribution in [0.2, 0.25) is 5.02 Å². The molecule has 0 unspecified atom stereocenters. The molecule has 0 saturated heterocycles. The number of esters is 1. The molecule has 0 aliphatic carbocycles. The van der Waals surface area contributed by atoms with Gasteiger partial charge in [-0.05, 0) is 36.3 Å². The van der Waals surface area contributed by atoms with Crippen LogP contribution in [0.15, 0.2) is 63.8 Å². The molecule has 0 N–H and O–H groups in total. The van der Waals surface area contributed by atoms with E-state index in [9.17, 15) is 9.59 Å². The van der Waals surface area contributed by atoms with E-state index in [0.29, 0.717) is 16.2 Å². The normalized spacial score (nSPS) is 11.1. The zero-order valence-corrected chi connectivity index (χ0v) is 14.2. The SMILES string of the molecule is Cc1ccc2c(COC(=O)C=Cc3ccccc3Cl)cc(=O)oc2c1. The fraction of sp³-hybridized carbons (Fsp3) is 0.100. The minimum absolute atomic E-state index is 0.0170. The summed E-state index contributed by atoms with van der Waals surface area (Å²) in [5.41, 5.74) is 2.31. The molecule has 3 aromatic rings. The van der Waals surface area contributed by atoms with E-state index in [4.69, 9.17) is 20.8 Å². The first kappa shape index (κ1) is 17.0. The maximum atomic E-state index is 11.9. The lowest BCUT2D eigenvalue weighted by atomic mass is 10.1. The van der Waals surface area contributed by atoms with Crippen molar-refractivity contribution in [3.63, 3.8) is 0 Å². The standard InChI is InChI=1S/C20H15ClO4/c1-13-6-8-16-15(11-20(23)25-18(16)10-13)12-24-19(22)9-7-14-4-2-3-5-17(14)21/h2-11H,12H2,1H3. The van der Waals surface area contributed by atoms with E-state index in [1.807, 2.05) is 31.2 Å². The van der Waals surface area contributed by atoms with Crippen LogP contribution in [-0.4, -0.2) is 5.97 Å². The molecule has 0 atom stereocenters. The second-order valence-electron chi connectivity index (χ2n) is 5.55. The molecule has 4 nitrogen and oxygen atoms in total. The van der Waals surface area contributed by atoms with Crippen molar-refractivity contribution in [3.05, 3.63) is 86.7 Å². The molecule has 0 aliphatic rings. The highest BCUT2D eigenvalue weighted by atomic mass is 35.5. The Hall–Kier alpha value is -2.85. The highest BCUT2D eigenvalue weighted by Gasteiger charge is 2.08. The average molecular weight is 355 g/mol. The van der Waals surface area contributed by atoms with Gasteiger partial charge in [0.1, 0.15) is 12.2 Å². The van der Waals surface area contributed by atoms with Gasteiger partial charge in [0.15, 0.2) is 0 Å². The number of benzene rings is 2. The molecule has 2 aromatic carbocycles. The Morgan fingerprint density at radius 2 is 2.00 bits per heavy atom. The summed E-state index contributed by atoms with van der Waals surface area (Å²) in [5, 5.41) is 1.29. The number of halogens is 1. The maximum absolute atomic E-state index is 11.9. The number of hydrogen-bond donors (Lipinski definition) is 0. The van der Waals surface area contributed by atoms with E-state index in [-0.39, 0.29) is 6.61 Å². The summed E-state index contributed by atoms with van der Waals surface area (Å²) in [4.78, 5) is 23.6. The summed E-state index contributed by atoms with van der Waals surface area (Å²) in [7, 11) is 0. The van der Waals surface area contributed by atoms with Crippen molar-refractivity contribution in [1.29, 1.82) is 0 Å². The quantitative estimate of drug-likeness (QED) is 0.393. The molecule has 0 bridgehead atoms. The van der Waals surface area contributed by atoms with Gasteiger partial charge < -0.3 is 9.15 Å². The molecule has 5 heteroatoms. The van der Waals surface area contributed by atoms with Crippen molar-refractivity contribution in [2.24, 2.45) is 0 Å². The molecule has 0 aliphatic heterocycles. The smallest absolute Gasteiger partial charge is 0.336 e. The van der Waals surface area contributed by atoms with Gasteiger partial charge in [-0.3, -0.25) is 0 Å². The van der Waals surface area contributed by atoms with Crippen LogP contribution in [0.25, 0.3) is 17.0 Å². The summed E-state index contributed by atoms with van der Waals surface area (Å²) in [6.07, 6.45) is 2.89. The molecular weight excluding hydrogens is 340 g/mol. The number of carbonyl (C=O) groups excluding carboxylic acids is 1. The van der Waals surface area contributed by atoms with Gasteiger partial charge in [0, 0.05) is 28.1 Å². The summed E-state index contributed by atoms with van der Waals surface area (Å²) in [5.74, 6) is -0.520. The largest absolute Gasteiger partial charge is 0.458 e. The van der Waals surface area contributed by atoms with E-state index >= 15 is 0 Å². The van der Waals surface area contributed by atoms with Crippen LogP contribution in [-0.2, 0) is 16.1 Å². The molecule has 1 aromatic heterocycles. The fourth-order valence-electron chi connectivity index (χ4n) is 2.42. The number of rotatable bonds is 4. The van der Waals surface area contributed by atoms with Gasteiger partial charge in [0.05, 0.1) is 0 Å². The van der Waals surface area contributed by atoms with Gasteiger partial charge in [-0.25, -0.2) is 9.59 Å². The highest BCUT2D eigenvalue weighted by Crippen LogP contribution is 2.20. The topological polar surface area (TPSA) is 56.5 Å².